The van der Waals surface area contributed by atoms with Crippen LogP contribution in [-0.2, 0) is 4.74 Å². The van der Waals surface area contributed by atoms with Gasteiger partial charge in [0.2, 0.25) is 0 Å². The molecule has 0 saturated heterocycles. The highest BCUT2D eigenvalue weighted by Crippen LogP contribution is 2.28. The van der Waals surface area contributed by atoms with Crippen LogP contribution in [-0.4, -0.2) is 13.2 Å². The van der Waals surface area contributed by atoms with Gasteiger partial charge in [-0.05, 0) is 31.6 Å². The molecule has 1 fully saturated rings. The second-order valence-corrected chi connectivity index (χ2v) is 3.19. The van der Waals surface area contributed by atoms with Crippen LogP contribution in [0.15, 0.2) is 12.2 Å². The van der Waals surface area contributed by atoms with Gasteiger partial charge in [0.25, 0.3) is 0 Å². The average Bonchev–Trinajstić information content (AvgIpc) is 2.80. The molecule has 1 saturated carbocycles. The standard InChI is InChI=1S/C10H18O/c1-2-3-4-5-8-11-9-10-6-7-10/h3-4,10H,2,5-9H2,1H3. The molecule has 0 bridgehead atoms. The van der Waals surface area contributed by atoms with Crippen LogP contribution in [0.1, 0.15) is 32.6 Å². The van der Waals surface area contributed by atoms with E-state index in [9.17, 15) is 0 Å². The van der Waals surface area contributed by atoms with Crippen molar-refractivity contribution < 1.29 is 4.74 Å². The predicted molar refractivity (Wildman–Crippen MR) is 47.6 cm³/mol. The van der Waals surface area contributed by atoms with Gasteiger partial charge >= 0.3 is 0 Å². The zero-order valence-corrected chi connectivity index (χ0v) is 7.38. The van der Waals surface area contributed by atoms with Crippen LogP contribution in [0.4, 0.5) is 0 Å². The van der Waals surface area contributed by atoms with Gasteiger partial charge in [0.05, 0.1) is 6.61 Å². The summed E-state index contributed by atoms with van der Waals surface area (Å²) in [5, 5.41) is 0. The zero-order valence-electron chi connectivity index (χ0n) is 7.38. The van der Waals surface area contributed by atoms with Crippen molar-refractivity contribution in [3.05, 3.63) is 12.2 Å². The summed E-state index contributed by atoms with van der Waals surface area (Å²) < 4.78 is 5.45. The molecule has 0 spiro atoms. The third-order valence-corrected chi connectivity index (χ3v) is 1.88. The quantitative estimate of drug-likeness (QED) is 0.422. The fourth-order valence-electron chi connectivity index (χ4n) is 0.970. The van der Waals surface area contributed by atoms with E-state index in [-0.39, 0.29) is 0 Å². The largest absolute Gasteiger partial charge is 0.381 e. The maximum Gasteiger partial charge on any atom is 0.0500 e. The maximum atomic E-state index is 5.45. The van der Waals surface area contributed by atoms with Crippen LogP contribution < -0.4 is 0 Å². The van der Waals surface area contributed by atoms with Crippen molar-refractivity contribution in [2.45, 2.75) is 32.6 Å². The minimum Gasteiger partial charge on any atom is -0.381 e. The van der Waals surface area contributed by atoms with Gasteiger partial charge in [-0.2, -0.15) is 0 Å². The molecule has 1 aliphatic rings. The van der Waals surface area contributed by atoms with Crippen molar-refractivity contribution in [2.75, 3.05) is 13.2 Å². The van der Waals surface area contributed by atoms with Gasteiger partial charge in [0.15, 0.2) is 0 Å². The molecule has 64 valence electrons. The highest BCUT2D eigenvalue weighted by molar-refractivity contribution is 4.79. The second kappa shape index (κ2) is 5.36. The van der Waals surface area contributed by atoms with Crippen LogP contribution in [0.25, 0.3) is 0 Å². The summed E-state index contributed by atoms with van der Waals surface area (Å²) in [6.45, 7) is 4.06. The summed E-state index contributed by atoms with van der Waals surface area (Å²) in [6, 6.07) is 0. The minimum atomic E-state index is 0.908. The molecule has 0 aromatic rings. The first-order valence-corrected chi connectivity index (χ1v) is 4.66. The molecular weight excluding hydrogens is 136 g/mol. The summed E-state index contributed by atoms with van der Waals surface area (Å²) in [6.07, 6.45) is 9.41. The lowest BCUT2D eigenvalue weighted by atomic mass is 10.3. The highest BCUT2D eigenvalue weighted by atomic mass is 16.5. The minimum absolute atomic E-state index is 0.908. The van der Waals surface area contributed by atoms with E-state index >= 15 is 0 Å². The Morgan fingerprint density at radius 3 is 2.82 bits per heavy atom. The van der Waals surface area contributed by atoms with E-state index in [1.54, 1.807) is 0 Å². The smallest absolute Gasteiger partial charge is 0.0500 e. The Balaban J connectivity index is 1.76. The molecular formula is C10H18O. The highest BCUT2D eigenvalue weighted by Gasteiger charge is 2.20. The van der Waals surface area contributed by atoms with Crippen LogP contribution in [0.5, 0.6) is 0 Å². The molecule has 0 heterocycles. The Morgan fingerprint density at radius 1 is 1.36 bits per heavy atom. The van der Waals surface area contributed by atoms with E-state index in [0.29, 0.717) is 0 Å². The summed E-state index contributed by atoms with van der Waals surface area (Å²) >= 11 is 0. The first-order chi connectivity index (χ1) is 5.43. The topological polar surface area (TPSA) is 9.23 Å². The first kappa shape index (κ1) is 8.79. The van der Waals surface area contributed by atoms with Crippen LogP contribution >= 0.6 is 0 Å². The number of rotatable bonds is 6. The van der Waals surface area contributed by atoms with Crippen molar-refractivity contribution in [2.24, 2.45) is 5.92 Å². The van der Waals surface area contributed by atoms with Gasteiger partial charge in [-0.3, -0.25) is 0 Å². The fraction of sp³-hybridized carbons (Fsp3) is 0.800. The summed E-state index contributed by atoms with van der Waals surface area (Å²) in [7, 11) is 0. The van der Waals surface area contributed by atoms with Crippen molar-refractivity contribution in [1.82, 2.24) is 0 Å². The van der Waals surface area contributed by atoms with Gasteiger partial charge in [-0.1, -0.05) is 19.1 Å². The monoisotopic (exact) mass is 154 g/mol. The lowest BCUT2D eigenvalue weighted by Crippen LogP contribution is -1.96. The van der Waals surface area contributed by atoms with E-state index in [1.807, 2.05) is 0 Å². The van der Waals surface area contributed by atoms with Gasteiger partial charge < -0.3 is 4.74 Å². The van der Waals surface area contributed by atoms with E-state index in [0.717, 1.165) is 32.0 Å². The number of allylic oxidation sites excluding steroid dienone is 1. The van der Waals surface area contributed by atoms with Crippen LogP contribution in [0, 0.1) is 5.92 Å². The molecule has 1 rings (SSSR count). The lowest BCUT2D eigenvalue weighted by molar-refractivity contribution is 0.129. The Hall–Kier alpha value is -0.300. The van der Waals surface area contributed by atoms with Gasteiger partial charge in [0.1, 0.15) is 0 Å². The van der Waals surface area contributed by atoms with Crippen LogP contribution in [0.3, 0.4) is 0 Å². The maximum absolute atomic E-state index is 5.45. The summed E-state index contributed by atoms with van der Waals surface area (Å²) in [5.74, 6) is 0.908. The Labute approximate surface area is 69.4 Å². The molecule has 1 heteroatoms. The van der Waals surface area contributed by atoms with E-state index < -0.39 is 0 Å². The summed E-state index contributed by atoms with van der Waals surface area (Å²) in [4.78, 5) is 0. The van der Waals surface area contributed by atoms with E-state index in [1.165, 1.54) is 12.8 Å². The first-order valence-electron chi connectivity index (χ1n) is 4.66. The zero-order chi connectivity index (χ0) is 7.94. The fourth-order valence-corrected chi connectivity index (χ4v) is 0.970. The SMILES string of the molecule is CCC=CCCOCC1CC1. The van der Waals surface area contributed by atoms with Crippen molar-refractivity contribution in [3.8, 4) is 0 Å². The average molecular weight is 154 g/mol. The van der Waals surface area contributed by atoms with Crippen molar-refractivity contribution in [3.63, 3.8) is 0 Å². The molecule has 0 amide bonds. The van der Waals surface area contributed by atoms with Gasteiger partial charge in [-0.15, -0.1) is 0 Å². The van der Waals surface area contributed by atoms with Crippen molar-refractivity contribution >= 4 is 0 Å². The Bertz CT molecular complexity index is 114. The molecule has 1 nitrogen and oxygen atoms in total. The van der Waals surface area contributed by atoms with E-state index in [4.69, 9.17) is 4.74 Å². The Kier molecular flexibility index (Phi) is 4.29. The molecule has 0 aromatic heterocycles. The lowest BCUT2D eigenvalue weighted by Gasteiger charge is -1.98. The van der Waals surface area contributed by atoms with E-state index in [2.05, 4.69) is 19.1 Å². The third kappa shape index (κ3) is 5.02. The molecule has 0 aliphatic heterocycles. The van der Waals surface area contributed by atoms with Gasteiger partial charge in [-0.25, -0.2) is 0 Å². The molecule has 0 radical (unpaired) electrons. The second-order valence-electron chi connectivity index (χ2n) is 3.19. The molecule has 11 heavy (non-hydrogen) atoms. The van der Waals surface area contributed by atoms with Crippen LogP contribution in [0.2, 0.25) is 0 Å². The molecule has 0 N–H and O–H groups in total. The summed E-state index contributed by atoms with van der Waals surface area (Å²) in [5.41, 5.74) is 0. The van der Waals surface area contributed by atoms with Gasteiger partial charge in [0, 0.05) is 6.61 Å². The predicted octanol–water partition coefficient (Wildman–Crippen LogP) is 2.77. The molecule has 0 aromatic carbocycles. The number of ether oxygens (including phenoxy) is 1. The Morgan fingerprint density at radius 2 is 2.18 bits per heavy atom. The van der Waals surface area contributed by atoms with Crippen molar-refractivity contribution in [1.29, 1.82) is 0 Å². The normalized spacial score (nSPS) is 17.9. The third-order valence-electron chi connectivity index (χ3n) is 1.88. The molecule has 0 atom stereocenters. The molecule has 0 unspecified atom stereocenters. The molecule has 1 aliphatic carbocycles. The number of hydrogen-bond donors (Lipinski definition) is 0. The number of hydrogen-bond acceptors (Lipinski definition) is 1.